The molecular formula is C52H102N4O7. The summed E-state index contributed by atoms with van der Waals surface area (Å²) in [4.78, 5) is 49.5. The lowest BCUT2D eigenvalue weighted by molar-refractivity contribution is -0.151. The molecule has 0 aromatic rings. The second-order valence-corrected chi connectivity index (χ2v) is 19.0. The molecule has 0 aromatic carbocycles. The van der Waals surface area contributed by atoms with Gasteiger partial charge in [0, 0.05) is 58.9 Å². The maximum atomic E-state index is 13.6. The molecule has 0 bridgehead atoms. The van der Waals surface area contributed by atoms with Crippen LogP contribution >= 0.6 is 0 Å². The first kappa shape index (κ1) is 59.2. The molecule has 0 radical (unpaired) electrons. The molecule has 11 nitrogen and oxygen atoms in total. The highest BCUT2D eigenvalue weighted by Gasteiger charge is 2.23. The molecule has 63 heavy (non-hydrogen) atoms. The molecule has 1 aliphatic rings. The third-order valence-electron chi connectivity index (χ3n) is 13.1. The molecule has 1 N–H and O–H groups in total. The number of hydrogen-bond donors (Lipinski definition) is 1. The van der Waals surface area contributed by atoms with Crippen LogP contribution in [0.3, 0.4) is 0 Å². The number of ether oxygens (including phenoxy) is 3. The lowest BCUT2D eigenvalue weighted by atomic mass is 9.96. The van der Waals surface area contributed by atoms with E-state index in [0.29, 0.717) is 63.8 Å². The number of aliphatic hydroxyl groups excluding tert-OH is 1. The molecule has 1 heterocycles. The van der Waals surface area contributed by atoms with Gasteiger partial charge in [0.1, 0.15) is 0 Å². The molecule has 1 fully saturated rings. The van der Waals surface area contributed by atoms with Crippen LogP contribution in [0.25, 0.3) is 0 Å². The summed E-state index contributed by atoms with van der Waals surface area (Å²) in [6.45, 7) is 21.7. The molecule has 11 heteroatoms. The van der Waals surface area contributed by atoms with Crippen LogP contribution in [0, 0.1) is 17.8 Å². The number of unbranched alkanes of at least 4 members (excludes halogenated alkanes) is 12. The van der Waals surface area contributed by atoms with Crippen molar-refractivity contribution in [1.29, 1.82) is 0 Å². The highest BCUT2D eigenvalue weighted by atomic mass is 16.5. The van der Waals surface area contributed by atoms with E-state index in [1.807, 2.05) is 4.90 Å². The number of carbonyl (C=O) groups excluding carboxylic acids is 3. The predicted molar refractivity (Wildman–Crippen MR) is 261 cm³/mol. The number of hydrogen-bond acceptors (Lipinski definition) is 11. The molecule has 3 unspecified atom stereocenters. The minimum absolute atomic E-state index is 0.00393. The Balaban J connectivity index is 3.14. The first-order valence-electron chi connectivity index (χ1n) is 26.7. The molecule has 0 spiro atoms. The van der Waals surface area contributed by atoms with E-state index in [1.165, 1.54) is 64.2 Å². The molecule has 372 valence electrons. The highest BCUT2D eigenvalue weighted by Crippen LogP contribution is 2.21. The van der Waals surface area contributed by atoms with E-state index in [4.69, 9.17) is 14.2 Å². The molecular weight excluding hydrogens is 793 g/mol. The number of piperazine rings is 1. The molecule has 1 aliphatic heterocycles. The molecule has 0 aliphatic carbocycles. The van der Waals surface area contributed by atoms with E-state index < -0.39 is 0 Å². The van der Waals surface area contributed by atoms with E-state index in [-0.39, 0.29) is 44.1 Å². The minimum atomic E-state index is -0.307. The van der Waals surface area contributed by atoms with Crippen LogP contribution in [0.1, 0.15) is 196 Å². The monoisotopic (exact) mass is 895 g/mol. The van der Waals surface area contributed by atoms with Gasteiger partial charge in [-0.1, -0.05) is 157 Å². The van der Waals surface area contributed by atoms with Crippen molar-refractivity contribution in [3.63, 3.8) is 0 Å². The third kappa shape index (κ3) is 33.4. The lowest BCUT2D eigenvalue weighted by Crippen LogP contribution is -2.50. The van der Waals surface area contributed by atoms with Crippen LogP contribution < -0.4 is 0 Å². The van der Waals surface area contributed by atoms with E-state index in [1.54, 1.807) is 0 Å². The number of esters is 3. The maximum absolute atomic E-state index is 13.6. The Morgan fingerprint density at radius 2 is 0.746 bits per heavy atom. The zero-order valence-corrected chi connectivity index (χ0v) is 42.2. The number of nitrogens with zero attached hydrogens (tertiary/aromatic N) is 4. The SMILES string of the molecule is CCCCCCC(CCCC)COC(=O)CN(CCN1CCN(CCO)CC1)CCN(CC(=O)OCC(CCCC)CCCCCC)CC(=O)OCC(CCCC)CCCCCC. The van der Waals surface area contributed by atoms with Crippen LogP contribution in [0.2, 0.25) is 0 Å². The largest absolute Gasteiger partial charge is 0.464 e. The average molecular weight is 895 g/mol. The van der Waals surface area contributed by atoms with Crippen molar-refractivity contribution < 1.29 is 33.7 Å². The Kier molecular flexibility index (Phi) is 39.1. The molecule has 0 aromatic heterocycles. The van der Waals surface area contributed by atoms with E-state index in [0.717, 1.165) is 123 Å². The topological polar surface area (TPSA) is 112 Å². The van der Waals surface area contributed by atoms with Crippen molar-refractivity contribution in [2.75, 3.05) is 105 Å². The zero-order valence-electron chi connectivity index (χ0n) is 42.2. The zero-order chi connectivity index (χ0) is 46.2. The molecule has 1 saturated heterocycles. The van der Waals surface area contributed by atoms with Gasteiger partial charge in [-0.2, -0.15) is 0 Å². The van der Waals surface area contributed by atoms with Crippen LogP contribution in [0.5, 0.6) is 0 Å². The van der Waals surface area contributed by atoms with E-state index >= 15 is 0 Å². The second-order valence-electron chi connectivity index (χ2n) is 19.0. The van der Waals surface area contributed by atoms with Crippen molar-refractivity contribution in [2.24, 2.45) is 17.8 Å². The van der Waals surface area contributed by atoms with Gasteiger partial charge < -0.3 is 19.3 Å². The average Bonchev–Trinajstić information content (AvgIpc) is 3.28. The fourth-order valence-corrected chi connectivity index (χ4v) is 8.74. The second kappa shape index (κ2) is 41.6. The molecule has 0 saturated carbocycles. The van der Waals surface area contributed by atoms with Crippen molar-refractivity contribution in [2.45, 2.75) is 196 Å². The summed E-state index contributed by atoms with van der Waals surface area (Å²) in [5.74, 6) is 0.268. The summed E-state index contributed by atoms with van der Waals surface area (Å²) in [7, 11) is 0. The van der Waals surface area contributed by atoms with Crippen LogP contribution in [-0.2, 0) is 28.6 Å². The Labute approximate surface area is 388 Å². The third-order valence-corrected chi connectivity index (χ3v) is 13.1. The number of β-amino-alcohol motifs (C(OH)–C–C–N with tert-alkyl or cyclic N) is 1. The quantitative estimate of drug-likeness (QED) is 0.0358. The van der Waals surface area contributed by atoms with Gasteiger partial charge in [0.05, 0.1) is 46.1 Å². The van der Waals surface area contributed by atoms with Crippen molar-refractivity contribution in [3.05, 3.63) is 0 Å². The fraction of sp³-hybridized carbons (Fsp3) is 0.942. The van der Waals surface area contributed by atoms with Gasteiger partial charge in [-0.05, 0) is 56.3 Å². The van der Waals surface area contributed by atoms with Crippen molar-refractivity contribution in [3.8, 4) is 0 Å². The Bertz CT molecular complexity index is 1030. The molecule has 0 amide bonds. The molecule has 3 atom stereocenters. The maximum Gasteiger partial charge on any atom is 0.320 e. The predicted octanol–water partition coefficient (Wildman–Crippen LogP) is 10.2. The number of aliphatic hydroxyl groups is 1. The molecule has 1 rings (SSSR count). The van der Waals surface area contributed by atoms with Crippen LogP contribution in [-0.4, -0.2) is 148 Å². The standard InChI is InChI=1S/C52H102N4O7/c1-7-13-19-22-28-47(25-16-10-4)44-61-50(58)41-55(36-35-53-31-33-54(34-32-53)39-40-57)37-38-56(42-51(59)62-45-48(26-17-11-5)29-23-20-14-8-2)43-52(60)63-46-49(27-18-12-6)30-24-21-15-9-3/h47-49,57H,7-46H2,1-6H3. The van der Waals surface area contributed by atoms with Crippen LogP contribution in [0.4, 0.5) is 0 Å². The number of carbonyl (C=O) groups is 3. The minimum Gasteiger partial charge on any atom is -0.464 e. The van der Waals surface area contributed by atoms with Crippen molar-refractivity contribution >= 4 is 17.9 Å². The van der Waals surface area contributed by atoms with Gasteiger partial charge in [0.25, 0.3) is 0 Å². The van der Waals surface area contributed by atoms with Gasteiger partial charge in [-0.25, -0.2) is 0 Å². The Morgan fingerprint density at radius 1 is 0.429 bits per heavy atom. The summed E-state index contributed by atoms with van der Waals surface area (Å²) in [6.07, 6.45) is 27.7. The Morgan fingerprint density at radius 3 is 1.10 bits per heavy atom. The van der Waals surface area contributed by atoms with E-state index in [9.17, 15) is 19.5 Å². The first-order valence-corrected chi connectivity index (χ1v) is 26.7. The summed E-state index contributed by atoms with van der Waals surface area (Å²) >= 11 is 0. The smallest absolute Gasteiger partial charge is 0.320 e. The van der Waals surface area contributed by atoms with E-state index in [2.05, 4.69) is 56.2 Å². The van der Waals surface area contributed by atoms with Gasteiger partial charge in [0.2, 0.25) is 0 Å². The summed E-state index contributed by atoms with van der Waals surface area (Å²) in [6, 6.07) is 0. The van der Waals surface area contributed by atoms with Gasteiger partial charge in [0.15, 0.2) is 0 Å². The van der Waals surface area contributed by atoms with Crippen LogP contribution in [0.15, 0.2) is 0 Å². The van der Waals surface area contributed by atoms with Crippen molar-refractivity contribution in [1.82, 2.24) is 19.6 Å². The van der Waals surface area contributed by atoms with Gasteiger partial charge in [-0.3, -0.25) is 34.0 Å². The number of rotatable bonds is 44. The van der Waals surface area contributed by atoms with Gasteiger partial charge in [-0.15, -0.1) is 0 Å². The summed E-state index contributed by atoms with van der Waals surface area (Å²) < 4.78 is 18.0. The Hall–Kier alpha value is -1.79. The first-order chi connectivity index (χ1) is 30.7. The summed E-state index contributed by atoms with van der Waals surface area (Å²) in [5.41, 5.74) is 0. The highest BCUT2D eigenvalue weighted by molar-refractivity contribution is 5.75. The fourth-order valence-electron chi connectivity index (χ4n) is 8.74. The summed E-state index contributed by atoms with van der Waals surface area (Å²) in [5, 5.41) is 9.44. The van der Waals surface area contributed by atoms with Gasteiger partial charge >= 0.3 is 17.9 Å². The lowest BCUT2D eigenvalue weighted by Gasteiger charge is -2.35. The normalized spacial score (nSPS) is 15.2.